The fourth-order valence-electron chi connectivity index (χ4n) is 4.25. The second-order valence-corrected chi connectivity index (χ2v) is 8.48. The van der Waals surface area contributed by atoms with Gasteiger partial charge in [0.2, 0.25) is 0 Å². The van der Waals surface area contributed by atoms with Gasteiger partial charge >= 0.3 is 0 Å². The first-order chi connectivity index (χ1) is 9.55. The van der Waals surface area contributed by atoms with Crippen LogP contribution in [-0.2, 0) is 9.47 Å². The first kappa shape index (κ1) is 17.2. The maximum atomic E-state index is 6.28. The van der Waals surface area contributed by atoms with Crippen molar-refractivity contribution in [2.24, 2.45) is 5.73 Å². The number of nitrogens with zero attached hydrogens (tertiary/aromatic N) is 1. The molecule has 2 fully saturated rings. The van der Waals surface area contributed by atoms with Crippen LogP contribution in [0.2, 0.25) is 0 Å². The van der Waals surface area contributed by atoms with E-state index in [9.17, 15) is 0 Å². The second kappa shape index (κ2) is 5.48. The molecule has 21 heavy (non-hydrogen) atoms. The van der Waals surface area contributed by atoms with Crippen LogP contribution in [0.15, 0.2) is 0 Å². The van der Waals surface area contributed by atoms with Gasteiger partial charge < -0.3 is 15.2 Å². The molecule has 2 aliphatic heterocycles. The molecule has 124 valence electrons. The average Bonchev–Trinajstić information content (AvgIpc) is 2.35. The summed E-state index contributed by atoms with van der Waals surface area (Å²) in [6, 6.07) is 0. The van der Waals surface area contributed by atoms with Gasteiger partial charge in [0.15, 0.2) is 0 Å². The Morgan fingerprint density at radius 2 is 1.62 bits per heavy atom. The number of hydrogen-bond acceptors (Lipinski definition) is 4. The highest BCUT2D eigenvalue weighted by molar-refractivity contribution is 5.04. The lowest BCUT2D eigenvalue weighted by Crippen LogP contribution is -2.69. The number of ether oxygens (including phenoxy) is 2. The Hall–Kier alpha value is -0.160. The normalized spacial score (nSPS) is 40.1. The van der Waals surface area contributed by atoms with E-state index in [2.05, 4.69) is 46.4 Å². The van der Waals surface area contributed by atoms with Crippen LogP contribution in [0.1, 0.15) is 60.8 Å². The van der Waals surface area contributed by atoms with E-state index in [1.54, 1.807) is 0 Å². The summed E-state index contributed by atoms with van der Waals surface area (Å²) in [7, 11) is 0. The van der Waals surface area contributed by atoms with Gasteiger partial charge in [-0.25, -0.2) is 0 Å². The van der Waals surface area contributed by atoms with Gasteiger partial charge in [-0.2, -0.15) is 0 Å². The minimum atomic E-state index is -0.134. The Balaban J connectivity index is 2.27. The van der Waals surface area contributed by atoms with E-state index in [0.717, 1.165) is 39.0 Å². The third-order valence-electron chi connectivity index (χ3n) is 5.22. The fourth-order valence-corrected chi connectivity index (χ4v) is 4.25. The van der Waals surface area contributed by atoms with E-state index in [0.29, 0.717) is 6.54 Å². The van der Waals surface area contributed by atoms with Gasteiger partial charge in [-0.15, -0.1) is 0 Å². The van der Waals surface area contributed by atoms with E-state index in [4.69, 9.17) is 15.2 Å². The van der Waals surface area contributed by atoms with Crippen LogP contribution in [0, 0.1) is 0 Å². The molecule has 4 nitrogen and oxygen atoms in total. The molecule has 0 aromatic rings. The minimum absolute atomic E-state index is 0.0430. The molecule has 2 saturated heterocycles. The Kier molecular flexibility index (Phi) is 4.49. The number of morpholine rings is 1. The lowest BCUT2D eigenvalue weighted by molar-refractivity contribution is -0.218. The highest BCUT2D eigenvalue weighted by Gasteiger charge is 2.50. The molecule has 0 aromatic heterocycles. The molecule has 0 aliphatic carbocycles. The van der Waals surface area contributed by atoms with Crippen LogP contribution in [0.5, 0.6) is 0 Å². The summed E-state index contributed by atoms with van der Waals surface area (Å²) in [5.41, 5.74) is 6.01. The molecule has 2 atom stereocenters. The number of hydrogen-bond donors (Lipinski definition) is 1. The van der Waals surface area contributed by atoms with Crippen LogP contribution >= 0.6 is 0 Å². The first-order valence-electron chi connectivity index (χ1n) is 8.35. The monoisotopic (exact) mass is 298 g/mol. The minimum Gasteiger partial charge on any atom is -0.375 e. The lowest BCUT2D eigenvalue weighted by atomic mass is 9.76. The highest BCUT2D eigenvalue weighted by Crippen LogP contribution is 2.41. The van der Waals surface area contributed by atoms with Crippen molar-refractivity contribution in [3.05, 3.63) is 0 Å². The van der Waals surface area contributed by atoms with Gasteiger partial charge in [0.1, 0.15) is 0 Å². The summed E-state index contributed by atoms with van der Waals surface area (Å²) in [5.74, 6) is 0. The van der Waals surface area contributed by atoms with E-state index >= 15 is 0 Å². The molecular formula is C17H34N2O2. The Morgan fingerprint density at radius 3 is 2.10 bits per heavy atom. The molecule has 0 bridgehead atoms. The molecule has 4 heteroatoms. The van der Waals surface area contributed by atoms with Crippen molar-refractivity contribution < 1.29 is 9.47 Å². The van der Waals surface area contributed by atoms with Crippen molar-refractivity contribution in [1.29, 1.82) is 0 Å². The topological polar surface area (TPSA) is 47.7 Å². The molecule has 0 aromatic carbocycles. The van der Waals surface area contributed by atoms with E-state index in [-0.39, 0.29) is 22.3 Å². The maximum Gasteiger partial charge on any atom is 0.0761 e. The number of rotatable bonds is 3. The molecule has 2 N–H and O–H groups in total. The fraction of sp³-hybridized carbons (Fsp3) is 1.00. The van der Waals surface area contributed by atoms with Crippen molar-refractivity contribution >= 4 is 0 Å². The van der Waals surface area contributed by atoms with Gasteiger partial charge in [0.05, 0.1) is 16.8 Å². The van der Waals surface area contributed by atoms with E-state index < -0.39 is 0 Å². The molecule has 0 saturated carbocycles. The summed E-state index contributed by atoms with van der Waals surface area (Å²) in [6.45, 7) is 16.5. The summed E-state index contributed by atoms with van der Waals surface area (Å²) in [5, 5.41) is 0. The zero-order valence-electron chi connectivity index (χ0n) is 14.8. The number of nitrogens with two attached hydrogens (primary N) is 1. The van der Waals surface area contributed by atoms with Crippen LogP contribution < -0.4 is 5.73 Å². The maximum absolute atomic E-state index is 6.28. The van der Waals surface area contributed by atoms with Gasteiger partial charge in [-0.1, -0.05) is 6.92 Å². The van der Waals surface area contributed by atoms with Crippen LogP contribution in [0.25, 0.3) is 0 Å². The molecular weight excluding hydrogens is 264 g/mol. The molecule has 0 radical (unpaired) electrons. The van der Waals surface area contributed by atoms with E-state index in [1.165, 1.54) is 0 Å². The van der Waals surface area contributed by atoms with Crippen molar-refractivity contribution in [3.63, 3.8) is 0 Å². The Morgan fingerprint density at radius 1 is 1.05 bits per heavy atom. The predicted molar refractivity (Wildman–Crippen MR) is 86.5 cm³/mol. The standard InChI is InChI=1S/C17H34N2O2/c1-7-16(6)10-17(11-18,8-9-20-16)19-12-14(2,3)21-15(4,5)13-19/h7-13,18H2,1-6H3. The Labute approximate surface area is 130 Å². The quantitative estimate of drug-likeness (QED) is 0.870. The molecule has 2 aliphatic rings. The summed E-state index contributed by atoms with van der Waals surface area (Å²) < 4.78 is 12.3. The summed E-state index contributed by atoms with van der Waals surface area (Å²) in [6.07, 6.45) is 3.07. The predicted octanol–water partition coefficient (Wildman–Crippen LogP) is 2.55. The second-order valence-electron chi connectivity index (χ2n) is 8.48. The summed E-state index contributed by atoms with van der Waals surface area (Å²) >= 11 is 0. The molecule has 2 rings (SSSR count). The molecule has 2 unspecified atom stereocenters. The van der Waals surface area contributed by atoms with Gasteiger partial charge in [0.25, 0.3) is 0 Å². The first-order valence-corrected chi connectivity index (χ1v) is 8.35. The van der Waals surface area contributed by atoms with E-state index in [1.807, 2.05) is 0 Å². The van der Waals surface area contributed by atoms with Crippen molar-refractivity contribution in [2.75, 3.05) is 26.2 Å². The zero-order chi connectivity index (χ0) is 15.9. The van der Waals surface area contributed by atoms with Crippen molar-refractivity contribution in [2.45, 2.75) is 83.1 Å². The van der Waals surface area contributed by atoms with Crippen LogP contribution in [0.4, 0.5) is 0 Å². The van der Waals surface area contributed by atoms with Crippen molar-refractivity contribution in [3.8, 4) is 0 Å². The van der Waals surface area contributed by atoms with Gasteiger partial charge in [-0.3, -0.25) is 4.90 Å². The third kappa shape index (κ3) is 3.61. The third-order valence-corrected chi connectivity index (χ3v) is 5.22. The van der Waals surface area contributed by atoms with Gasteiger partial charge in [0, 0.05) is 31.8 Å². The zero-order valence-corrected chi connectivity index (χ0v) is 14.8. The van der Waals surface area contributed by atoms with Gasteiger partial charge in [-0.05, 0) is 53.9 Å². The van der Waals surface area contributed by atoms with Crippen molar-refractivity contribution in [1.82, 2.24) is 4.90 Å². The average molecular weight is 298 g/mol. The van der Waals surface area contributed by atoms with Crippen LogP contribution in [0.3, 0.4) is 0 Å². The molecule has 2 heterocycles. The smallest absolute Gasteiger partial charge is 0.0761 e. The molecule has 0 amide bonds. The largest absolute Gasteiger partial charge is 0.375 e. The molecule has 0 spiro atoms. The Bertz CT molecular complexity index is 367. The summed E-state index contributed by atoms with van der Waals surface area (Å²) in [4.78, 5) is 2.59. The lowest BCUT2D eigenvalue weighted by Gasteiger charge is -2.57. The van der Waals surface area contributed by atoms with Crippen LogP contribution in [-0.4, -0.2) is 53.5 Å². The SMILES string of the molecule is CCC1(C)CC(CN)(N2CC(C)(C)OC(C)(C)C2)CCO1. The highest BCUT2D eigenvalue weighted by atomic mass is 16.5.